The molecule has 114 valence electrons. The number of para-hydroxylation sites is 2. The van der Waals surface area contributed by atoms with Gasteiger partial charge >= 0.3 is 0 Å². The summed E-state index contributed by atoms with van der Waals surface area (Å²) in [6.45, 7) is 0.366. The molecule has 0 unspecified atom stereocenters. The molecule has 4 heterocycles. The van der Waals surface area contributed by atoms with E-state index in [2.05, 4.69) is 15.3 Å². The van der Waals surface area contributed by atoms with Crippen LogP contribution in [0.25, 0.3) is 15.7 Å². The van der Waals surface area contributed by atoms with Gasteiger partial charge in [0.05, 0.1) is 6.26 Å². The van der Waals surface area contributed by atoms with E-state index in [4.69, 9.17) is 13.9 Å². The van der Waals surface area contributed by atoms with E-state index >= 15 is 0 Å². The third kappa shape index (κ3) is 1.99. The van der Waals surface area contributed by atoms with Gasteiger partial charge in [0.1, 0.15) is 6.61 Å². The Kier molecular flexibility index (Phi) is 2.65. The highest BCUT2D eigenvalue weighted by Crippen LogP contribution is 2.36. The van der Waals surface area contributed by atoms with Crippen molar-refractivity contribution in [2.75, 3.05) is 6.61 Å². The molecule has 0 aliphatic carbocycles. The van der Waals surface area contributed by atoms with E-state index in [9.17, 15) is 0 Å². The second-order valence-electron chi connectivity index (χ2n) is 5.00. The van der Waals surface area contributed by atoms with Gasteiger partial charge in [0.15, 0.2) is 34.2 Å². The topological polar surface area (TPSA) is 74.7 Å². The van der Waals surface area contributed by atoms with Crippen LogP contribution >= 0.6 is 11.3 Å². The molecule has 5 rings (SSSR count). The predicted octanol–water partition coefficient (Wildman–Crippen LogP) is 2.96. The molecule has 0 saturated carbocycles. The van der Waals surface area contributed by atoms with Crippen LogP contribution < -0.4 is 9.47 Å². The second-order valence-corrected chi connectivity index (χ2v) is 5.96. The van der Waals surface area contributed by atoms with Gasteiger partial charge in [-0.2, -0.15) is 4.52 Å². The van der Waals surface area contributed by atoms with Crippen molar-refractivity contribution in [3.63, 3.8) is 0 Å². The molecule has 0 fully saturated rings. The molecule has 8 heteroatoms. The molecule has 0 bridgehead atoms. The summed E-state index contributed by atoms with van der Waals surface area (Å²) in [6, 6.07) is 11.3. The van der Waals surface area contributed by atoms with Crippen molar-refractivity contribution in [1.29, 1.82) is 0 Å². The van der Waals surface area contributed by atoms with E-state index in [1.54, 1.807) is 10.8 Å². The quantitative estimate of drug-likeness (QED) is 0.564. The van der Waals surface area contributed by atoms with E-state index in [1.807, 2.05) is 36.4 Å². The van der Waals surface area contributed by atoms with Crippen molar-refractivity contribution in [2.45, 2.75) is 6.10 Å². The summed E-state index contributed by atoms with van der Waals surface area (Å²) in [4.78, 5) is 0.689. The fourth-order valence-corrected chi connectivity index (χ4v) is 3.29. The molecular weight excluding hydrogens is 316 g/mol. The summed E-state index contributed by atoms with van der Waals surface area (Å²) in [5, 5.41) is 13.6. The van der Waals surface area contributed by atoms with Gasteiger partial charge in [-0.05, 0) is 24.3 Å². The van der Waals surface area contributed by atoms with Gasteiger partial charge < -0.3 is 13.9 Å². The highest BCUT2D eigenvalue weighted by atomic mass is 32.1. The van der Waals surface area contributed by atoms with Crippen molar-refractivity contribution in [1.82, 2.24) is 19.8 Å². The molecule has 0 spiro atoms. The van der Waals surface area contributed by atoms with E-state index < -0.39 is 0 Å². The minimum atomic E-state index is -0.355. The van der Waals surface area contributed by atoms with Gasteiger partial charge in [-0.3, -0.25) is 0 Å². The van der Waals surface area contributed by atoms with Crippen LogP contribution in [0, 0.1) is 0 Å². The third-order valence-corrected chi connectivity index (χ3v) is 4.46. The van der Waals surface area contributed by atoms with Crippen LogP contribution in [0.3, 0.4) is 0 Å². The molecule has 0 amide bonds. The predicted molar refractivity (Wildman–Crippen MR) is 81.7 cm³/mol. The number of rotatable bonds is 2. The molecule has 23 heavy (non-hydrogen) atoms. The third-order valence-electron chi connectivity index (χ3n) is 3.54. The van der Waals surface area contributed by atoms with Crippen molar-refractivity contribution >= 4 is 16.3 Å². The Labute approximate surface area is 134 Å². The van der Waals surface area contributed by atoms with Crippen LogP contribution in [0.5, 0.6) is 11.5 Å². The molecule has 1 atom stereocenters. The zero-order valence-corrected chi connectivity index (χ0v) is 12.6. The summed E-state index contributed by atoms with van der Waals surface area (Å²) < 4.78 is 18.8. The highest BCUT2D eigenvalue weighted by molar-refractivity contribution is 7.19. The number of hydrogen-bond acceptors (Lipinski definition) is 7. The molecule has 7 nitrogen and oxygen atoms in total. The van der Waals surface area contributed by atoms with Gasteiger partial charge in [0.2, 0.25) is 4.96 Å². The maximum atomic E-state index is 5.98. The van der Waals surface area contributed by atoms with Crippen molar-refractivity contribution in [3.05, 3.63) is 48.5 Å². The van der Waals surface area contributed by atoms with Gasteiger partial charge in [-0.15, -0.1) is 15.3 Å². The van der Waals surface area contributed by atoms with Crippen molar-refractivity contribution in [2.24, 2.45) is 0 Å². The average Bonchev–Trinajstić information content (AvgIpc) is 3.30. The van der Waals surface area contributed by atoms with Crippen LogP contribution in [-0.4, -0.2) is 26.4 Å². The molecule has 0 N–H and O–H groups in total. The minimum absolute atomic E-state index is 0.355. The number of hydrogen-bond donors (Lipinski definition) is 0. The van der Waals surface area contributed by atoms with E-state index in [0.29, 0.717) is 28.9 Å². The van der Waals surface area contributed by atoms with Gasteiger partial charge in [0, 0.05) is 0 Å². The first-order valence-electron chi connectivity index (χ1n) is 7.03. The molecule has 3 aromatic heterocycles. The van der Waals surface area contributed by atoms with Gasteiger partial charge in [-0.25, -0.2) is 0 Å². The maximum absolute atomic E-state index is 5.98. The molecular formula is C15H10N4O3S. The summed E-state index contributed by atoms with van der Waals surface area (Å²) in [6.07, 6.45) is 1.26. The summed E-state index contributed by atoms with van der Waals surface area (Å²) in [5.41, 5.74) is 0. The first kappa shape index (κ1) is 12.7. The summed E-state index contributed by atoms with van der Waals surface area (Å²) in [7, 11) is 0. The standard InChI is InChI=1S/C15H10N4O3S/c1-2-5-10-9(4-1)21-8-12(22-10)13-16-17-15-19(13)18-14(23-15)11-6-3-7-20-11/h1-7,12H,8H2/t12-/m1/s1. The van der Waals surface area contributed by atoms with Gasteiger partial charge in [-0.1, -0.05) is 23.5 Å². The van der Waals surface area contributed by atoms with E-state index in [1.165, 1.54) is 11.3 Å². The van der Waals surface area contributed by atoms with E-state index in [0.717, 1.165) is 10.8 Å². The summed E-state index contributed by atoms with van der Waals surface area (Å²) >= 11 is 1.41. The van der Waals surface area contributed by atoms with Gasteiger partial charge in [0.25, 0.3) is 0 Å². The monoisotopic (exact) mass is 326 g/mol. The molecule has 0 saturated heterocycles. The fourth-order valence-electron chi connectivity index (χ4n) is 2.48. The number of furan rings is 1. The Morgan fingerprint density at radius 2 is 2.00 bits per heavy atom. The smallest absolute Gasteiger partial charge is 0.235 e. The highest BCUT2D eigenvalue weighted by Gasteiger charge is 2.28. The molecule has 4 aromatic rings. The SMILES string of the molecule is c1coc(-c2nn3c([C@H]4COc5ccccc5O4)nnc3s2)c1. The number of fused-ring (bicyclic) bond motifs is 2. The van der Waals surface area contributed by atoms with Crippen LogP contribution in [0.1, 0.15) is 11.9 Å². The maximum Gasteiger partial charge on any atom is 0.235 e. The van der Waals surface area contributed by atoms with Crippen LogP contribution in [-0.2, 0) is 0 Å². The minimum Gasteiger partial charge on any atom is -0.485 e. The second kappa shape index (κ2) is 4.82. The normalized spacial score (nSPS) is 16.8. The fraction of sp³-hybridized carbons (Fsp3) is 0.133. The van der Waals surface area contributed by atoms with Crippen LogP contribution in [0.4, 0.5) is 0 Å². The Hall–Kier alpha value is -2.87. The molecule has 1 aliphatic rings. The molecule has 1 aromatic carbocycles. The lowest BCUT2D eigenvalue weighted by Gasteiger charge is -2.24. The zero-order chi connectivity index (χ0) is 15.2. The lowest BCUT2D eigenvalue weighted by Crippen LogP contribution is -2.23. The number of benzene rings is 1. The van der Waals surface area contributed by atoms with Crippen molar-refractivity contribution < 1.29 is 13.9 Å². The molecule has 0 radical (unpaired) electrons. The lowest BCUT2D eigenvalue weighted by atomic mass is 10.2. The van der Waals surface area contributed by atoms with Crippen LogP contribution in [0.15, 0.2) is 47.1 Å². The Bertz CT molecular complexity index is 976. The Morgan fingerprint density at radius 1 is 1.09 bits per heavy atom. The average molecular weight is 326 g/mol. The zero-order valence-electron chi connectivity index (χ0n) is 11.7. The number of aromatic nitrogens is 4. The Morgan fingerprint density at radius 3 is 2.87 bits per heavy atom. The molecule has 1 aliphatic heterocycles. The first-order valence-corrected chi connectivity index (χ1v) is 7.84. The Balaban J connectivity index is 1.54. The number of ether oxygens (including phenoxy) is 2. The van der Waals surface area contributed by atoms with E-state index in [-0.39, 0.29) is 6.10 Å². The first-order chi connectivity index (χ1) is 11.4. The van der Waals surface area contributed by atoms with Crippen molar-refractivity contribution in [3.8, 4) is 22.3 Å². The summed E-state index contributed by atoms with van der Waals surface area (Å²) in [5.74, 6) is 2.75. The number of nitrogens with zero attached hydrogens (tertiary/aromatic N) is 4. The van der Waals surface area contributed by atoms with Crippen LogP contribution in [0.2, 0.25) is 0 Å². The largest absolute Gasteiger partial charge is 0.485 e. The lowest BCUT2D eigenvalue weighted by molar-refractivity contribution is 0.0836.